The highest BCUT2D eigenvalue weighted by molar-refractivity contribution is 5.34. The number of nitrogens with zero attached hydrogens (tertiary/aromatic N) is 1. The van der Waals surface area contributed by atoms with Crippen LogP contribution in [0.2, 0.25) is 0 Å². The summed E-state index contributed by atoms with van der Waals surface area (Å²) in [4.78, 5) is 2.04. The lowest BCUT2D eigenvalue weighted by molar-refractivity contribution is -0.141. The molecule has 2 nitrogen and oxygen atoms in total. The highest BCUT2D eigenvalue weighted by Crippen LogP contribution is 2.39. The molecule has 0 radical (unpaired) electrons. The zero-order valence-corrected chi connectivity index (χ0v) is 12.7. The van der Waals surface area contributed by atoms with Gasteiger partial charge in [-0.1, -0.05) is 31.9 Å². The summed E-state index contributed by atoms with van der Waals surface area (Å²) < 4.78 is 53.7. The van der Waals surface area contributed by atoms with Crippen LogP contribution in [-0.2, 0) is 6.18 Å². The third-order valence-corrected chi connectivity index (χ3v) is 4.11. The first-order valence-corrected chi connectivity index (χ1v) is 7.75. The van der Waals surface area contributed by atoms with E-state index >= 15 is 0 Å². The van der Waals surface area contributed by atoms with E-state index in [9.17, 15) is 17.6 Å². The highest BCUT2D eigenvalue weighted by Gasteiger charge is 2.39. The van der Waals surface area contributed by atoms with Crippen molar-refractivity contribution >= 4 is 0 Å². The molecular formula is C16H22F4N2. The van der Waals surface area contributed by atoms with Crippen molar-refractivity contribution in [3.8, 4) is 0 Å². The molecule has 0 bridgehead atoms. The van der Waals surface area contributed by atoms with Gasteiger partial charge in [0.25, 0.3) is 0 Å². The fourth-order valence-corrected chi connectivity index (χ4v) is 3.04. The quantitative estimate of drug-likeness (QED) is 0.826. The summed E-state index contributed by atoms with van der Waals surface area (Å²) in [5.41, 5.74) is -1.03. The Bertz CT molecular complexity index is 482. The third kappa shape index (κ3) is 3.98. The van der Waals surface area contributed by atoms with E-state index in [2.05, 4.69) is 5.32 Å². The summed E-state index contributed by atoms with van der Waals surface area (Å²) >= 11 is 0. The number of alkyl halides is 3. The first-order chi connectivity index (χ1) is 10.4. The molecule has 1 aromatic rings. The van der Waals surface area contributed by atoms with Crippen molar-refractivity contribution in [2.24, 2.45) is 0 Å². The second-order valence-corrected chi connectivity index (χ2v) is 5.65. The maximum Gasteiger partial charge on any atom is 0.419 e. The lowest BCUT2D eigenvalue weighted by atomic mass is 9.93. The van der Waals surface area contributed by atoms with Crippen LogP contribution in [-0.4, -0.2) is 31.1 Å². The van der Waals surface area contributed by atoms with E-state index < -0.39 is 17.6 Å². The number of unbranched alkanes of at least 4 members (excludes halogenated alkanes) is 1. The number of halogens is 4. The average molecular weight is 318 g/mol. The molecule has 6 heteroatoms. The predicted molar refractivity (Wildman–Crippen MR) is 78.1 cm³/mol. The van der Waals surface area contributed by atoms with Crippen LogP contribution in [0, 0.1) is 5.82 Å². The molecule has 0 spiro atoms. The van der Waals surface area contributed by atoms with Crippen LogP contribution in [0.3, 0.4) is 0 Å². The Labute approximate surface area is 128 Å². The predicted octanol–water partition coefficient (Wildman–Crippen LogP) is 3.98. The minimum absolute atomic E-state index is 0.0721. The van der Waals surface area contributed by atoms with E-state index in [1.807, 2.05) is 11.8 Å². The van der Waals surface area contributed by atoms with Gasteiger partial charge in [-0.05, 0) is 18.1 Å². The summed E-state index contributed by atoms with van der Waals surface area (Å²) in [6.07, 6.45) is -2.33. The van der Waals surface area contributed by atoms with Gasteiger partial charge in [0.1, 0.15) is 5.82 Å². The van der Waals surface area contributed by atoms with Crippen LogP contribution in [0.1, 0.15) is 43.4 Å². The molecule has 1 fully saturated rings. The van der Waals surface area contributed by atoms with Crippen LogP contribution >= 0.6 is 0 Å². The van der Waals surface area contributed by atoms with E-state index in [0.29, 0.717) is 19.5 Å². The van der Waals surface area contributed by atoms with Gasteiger partial charge in [0.15, 0.2) is 0 Å². The summed E-state index contributed by atoms with van der Waals surface area (Å²) in [7, 11) is 0. The van der Waals surface area contributed by atoms with Gasteiger partial charge in [0.05, 0.1) is 5.56 Å². The molecule has 0 aliphatic carbocycles. The third-order valence-electron chi connectivity index (χ3n) is 4.11. The van der Waals surface area contributed by atoms with Crippen molar-refractivity contribution in [1.29, 1.82) is 0 Å². The number of hydrogen-bond donors (Lipinski definition) is 1. The average Bonchev–Trinajstić information content (AvgIpc) is 2.47. The first-order valence-electron chi connectivity index (χ1n) is 7.75. The van der Waals surface area contributed by atoms with E-state index in [4.69, 9.17) is 0 Å². The van der Waals surface area contributed by atoms with Crippen molar-refractivity contribution in [2.45, 2.75) is 38.4 Å². The first kappa shape index (κ1) is 17.2. The smallest absolute Gasteiger partial charge is 0.314 e. The standard InChI is InChI=1S/C16H22F4N2/c1-2-3-7-14(22-10-8-21-9-11-22)12-5-4-6-13(17)15(12)16(18,19)20/h4-6,14,21H,2-3,7-11H2,1H3/t14-/m1/s1. The number of hydrogen-bond acceptors (Lipinski definition) is 2. The van der Waals surface area contributed by atoms with E-state index in [1.54, 1.807) is 0 Å². The van der Waals surface area contributed by atoms with E-state index in [0.717, 1.165) is 32.0 Å². The normalized spacial score (nSPS) is 18.4. The lowest BCUT2D eigenvalue weighted by Crippen LogP contribution is -2.45. The topological polar surface area (TPSA) is 15.3 Å². The second kappa shape index (κ2) is 7.42. The molecule has 0 saturated carbocycles. The number of nitrogens with one attached hydrogen (secondary N) is 1. The molecule has 1 aromatic carbocycles. The Balaban J connectivity index is 2.40. The zero-order chi connectivity index (χ0) is 16.2. The lowest BCUT2D eigenvalue weighted by Gasteiger charge is -2.36. The summed E-state index contributed by atoms with van der Waals surface area (Å²) in [5, 5.41) is 3.20. The molecule has 2 rings (SSSR count). The Morgan fingerprint density at radius 2 is 1.91 bits per heavy atom. The molecule has 1 heterocycles. The molecule has 0 amide bonds. The van der Waals surface area contributed by atoms with Gasteiger partial charge >= 0.3 is 6.18 Å². The van der Waals surface area contributed by atoms with Crippen molar-refractivity contribution in [3.63, 3.8) is 0 Å². The Hall–Kier alpha value is -1.14. The molecule has 1 aliphatic heterocycles. The zero-order valence-electron chi connectivity index (χ0n) is 12.7. The van der Waals surface area contributed by atoms with Gasteiger partial charge in [-0.3, -0.25) is 4.90 Å². The van der Waals surface area contributed by atoms with Crippen molar-refractivity contribution in [2.75, 3.05) is 26.2 Å². The Morgan fingerprint density at radius 1 is 1.23 bits per heavy atom. The summed E-state index contributed by atoms with van der Waals surface area (Å²) in [5.74, 6) is -1.18. The highest BCUT2D eigenvalue weighted by atomic mass is 19.4. The van der Waals surface area contributed by atoms with Crippen LogP contribution in [0.5, 0.6) is 0 Å². The minimum Gasteiger partial charge on any atom is -0.314 e. The van der Waals surface area contributed by atoms with Crippen molar-refractivity contribution < 1.29 is 17.6 Å². The van der Waals surface area contributed by atoms with Gasteiger partial charge in [0.2, 0.25) is 0 Å². The van der Waals surface area contributed by atoms with Gasteiger partial charge in [-0.15, -0.1) is 0 Å². The second-order valence-electron chi connectivity index (χ2n) is 5.65. The van der Waals surface area contributed by atoms with Gasteiger partial charge < -0.3 is 5.32 Å². The van der Waals surface area contributed by atoms with Gasteiger partial charge in [0, 0.05) is 32.2 Å². The van der Waals surface area contributed by atoms with Crippen LogP contribution < -0.4 is 5.32 Å². The molecule has 0 unspecified atom stereocenters. The maximum absolute atomic E-state index is 13.8. The molecular weight excluding hydrogens is 296 g/mol. The fourth-order valence-electron chi connectivity index (χ4n) is 3.04. The van der Waals surface area contributed by atoms with Crippen LogP contribution in [0.25, 0.3) is 0 Å². The Kier molecular flexibility index (Phi) is 5.81. The summed E-state index contributed by atoms with van der Waals surface area (Å²) in [6.45, 7) is 4.87. The minimum atomic E-state index is -4.67. The fraction of sp³-hybridized carbons (Fsp3) is 0.625. The number of piperazine rings is 1. The molecule has 1 saturated heterocycles. The molecule has 0 aromatic heterocycles. The van der Waals surface area contributed by atoms with Crippen molar-refractivity contribution in [1.82, 2.24) is 10.2 Å². The van der Waals surface area contributed by atoms with E-state index in [1.165, 1.54) is 12.1 Å². The monoisotopic (exact) mass is 318 g/mol. The molecule has 22 heavy (non-hydrogen) atoms. The van der Waals surface area contributed by atoms with Crippen LogP contribution in [0.15, 0.2) is 18.2 Å². The van der Waals surface area contributed by atoms with Crippen LogP contribution in [0.4, 0.5) is 17.6 Å². The van der Waals surface area contributed by atoms with E-state index in [-0.39, 0.29) is 11.6 Å². The number of rotatable bonds is 5. The van der Waals surface area contributed by atoms with Crippen molar-refractivity contribution in [3.05, 3.63) is 35.1 Å². The Morgan fingerprint density at radius 3 is 2.50 bits per heavy atom. The number of benzene rings is 1. The molecule has 1 N–H and O–H groups in total. The molecule has 1 atom stereocenters. The molecule has 1 aliphatic rings. The summed E-state index contributed by atoms with van der Waals surface area (Å²) in [6, 6.07) is 3.31. The maximum atomic E-state index is 13.8. The largest absolute Gasteiger partial charge is 0.419 e. The van der Waals surface area contributed by atoms with Gasteiger partial charge in [-0.25, -0.2) is 4.39 Å². The molecule has 124 valence electrons. The van der Waals surface area contributed by atoms with Gasteiger partial charge in [-0.2, -0.15) is 13.2 Å². The SMILES string of the molecule is CCCC[C@H](c1cccc(F)c1C(F)(F)F)N1CCNCC1.